The number of ether oxygens (including phenoxy) is 2. The highest BCUT2D eigenvalue weighted by atomic mass is 16.5. The van der Waals surface area contributed by atoms with Crippen molar-refractivity contribution in [2.24, 2.45) is 0 Å². The quantitative estimate of drug-likeness (QED) is 0.804. The van der Waals surface area contributed by atoms with Gasteiger partial charge in [-0.15, -0.1) is 0 Å². The van der Waals surface area contributed by atoms with Crippen molar-refractivity contribution >= 4 is 0 Å². The fraction of sp³-hybridized carbons (Fsp3) is 0.294. The molecule has 2 heteroatoms. The molecule has 0 fully saturated rings. The largest absolute Gasteiger partial charge is 0.497 e. The lowest BCUT2D eigenvalue weighted by molar-refractivity contribution is 0.176. The molecule has 0 aromatic heterocycles. The van der Waals surface area contributed by atoms with E-state index in [-0.39, 0.29) is 6.10 Å². The van der Waals surface area contributed by atoms with E-state index in [4.69, 9.17) is 9.47 Å². The first-order chi connectivity index (χ1) is 9.26. The zero-order valence-electron chi connectivity index (χ0n) is 11.3. The number of hydrogen-bond acceptors (Lipinski definition) is 2. The van der Waals surface area contributed by atoms with Crippen LogP contribution in [0.4, 0.5) is 0 Å². The normalized spacial score (nSPS) is 17.5. The molecule has 2 aromatic carbocycles. The summed E-state index contributed by atoms with van der Waals surface area (Å²) in [6.45, 7) is 2.12. The van der Waals surface area contributed by atoms with Gasteiger partial charge in [-0.3, -0.25) is 0 Å². The van der Waals surface area contributed by atoms with Crippen LogP contribution in [-0.4, -0.2) is 7.11 Å². The maximum atomic E-state index is 6.11. The zero-order chi connectivity index (χ0) is 13.2. The molecule has 2 nitrogen and oxygen atoms in total. The van der Waals surface area contributed by atoms with Crippen molar-refractivity contribution in [3.63, 3.8) is 0 Å². The lowest BCUT2D eigenvalue weighted by Crippen LogP contribution is -2.15. The van der Waals surface area contributed by atoms with Gasteiger partial charge < -0.3 is 9.47 Å². The van der Waals surface area contributed by atoms with Gasteiger partial charge in [-0.25, -0.2) is 0 Å². The summed E-state index contributed by atoms with van der Waals surface area (Å²) in [5, 5.41) is 0. The van der Waals surface area contributed by atoms with E-state index >= 15 is 0 Å². The van der Waals surface area contributed by atoms with Gasteiger partial charge in [0.25, 0.3) is 0 Å². The number of benzene rings is 2. The van der Waals surface area contributed by atoms with Crippen LogP contribution in [0.3, 0.4) is 0 Å². The van der Waals surface area contributed by atoms with Gasteiger partial charge in [0.15, 0.2) is 0 Å². The number of hydrogen-bond donors (Lipinski definition) is 0. The molecule has 1 aliphatic heterocycles. The molecule has 0 bridgehead atoms. The molecule has 1 heterocycles. The monoisotopic (exact) mass is 254 g/mol. The van der Waals surface area contributed by atoms with E-state index < -0.39 is 0 Å². The minimum Gasteiger partial charge on any atom is -0.497 e. The van der Waals surface area contributed by atoms with E-state index in [0.29, 0.717) is 0 Å². The van der Waals surface area contributed by atoms with Gasteiger partial charge in [0.1, 0.15) is 17.6 Å². The highest BCUT2D eigenvalue weighted by molar-refractivity contribution is 5.40. The fourth-order valence-corrected chi connectivity index (χ4v) is 2.57. The van der Waals surface area contributed by atoms with E-state index in [1.165, 1.54) is 16.7 Å². The Morgan fingerprint density at radius 1 is 1.11 bits per heavy atom. The number of rotatable bonds is 2. The molecule has 0 spiro atoms. The first-order valence-electron chi connectivity index (χ1n) is 6.66. The molecule has 98 valence electrons. The van der Waals surface area contributed by atoms with Gasteiger partial charge in [-0.1, -0.05) is 29.8 Å². The second-order valence-corrected chi connectivity index (χ2v) is 5.03. The minimum absolute atomic E-state index is 0.154. The lowest BCUT2D eigenvalue weighted by atomic mass is 9.96. The highest BCUT2D eigenvalue weighted by Crippen LogP contribution is 2.35. The van der Waals surface area contributed by atoms with Crippen LogP contribution in [0.5, 0.6) is 11.5 Å². The number of aryl methyl sites for hydroxylation is 2. The Labute approximate surface area is 114 Å². The van der Waals surface area contributed by atoms with Crippen LogP contribution in [0.15, 0.2) is 42.5 Å². The molecule has 0 unspecified atom stereocenters. The smallest absolute Gasteiger partial charge is 0.124 e. The third-order valence-corrected chi connectivity index (χ3v) is 3.65. The molecule has 19 heavy (non-hydrogen) atoms. The standard InChI is InChI=1S/C17H18O2/c1-12-3-9-17-14(11-12)6-10-16(19-17)13-4-7-15(18-2)8-5-13/h3-5,7-9,11,16H,6,10H2,1-2H3/t16-/m1/s1. The Morgan fingerprint density at radius 3 is 2.63 bits per heavy atom. The van der Waals surface area contributed by atoms with Crippen molar-refractivity contribution in [1.29, 1.82) is 0 Å². The van der Waals surface area contributed by atoms with Gasteiger partial charge in [-0.2, -0.15) is 0 Å². The van der Waals surface area contributed by atoms with Crippen LogP contribution in [0.25, 0.3) is 0 Å². The fourth-order valence-electron chi connectivity index (χ4n) is 2.57. The highest BCUT2D eigenvalue weighted by Gasteiger charge is 2.21. The van der Waals surface area contributed by atoms with Gasteiger partial charge >= 0.3 is 0 Å². The first kappa shape index (κ1) is 12.1. The Balaban J connectivity index is 1.82. The van der Waals surface area contributed by atoms with Gasteiger partial charge in [-0.05, 0) is 49.1 Å². The van der Waals surface area contributed by atoms with Crippen LogP contribution >= 0.6 is 0 Å². The van der Waals surface area contributed by atoms with Crippen LogP contribution in [0.1, 0.15) is 29.2 Å². The summed E-state index contributed by atoms with van der Waals surface area (Å²) in [4.78, 5) is 0. The predicted octanol–water partition coefficient (Wildman–Crippen LogP) is 4.07. The zero-order valence-corrected chi connectivity index (χ0v) is 11.3. The maximum absolute atomic E-state index is 6.11. The van der Waals surface area contributed by atoms with Crippen molar-refractivity contribution in [2.45, 2.75) is 25.9 Å². The molecule has 0 amide bonds. The van der Waals surface area contributed by atoms with Crippen molar-refractivity contribution in [3.8, 4) is 11.5 Å². The molecule has 3 rings (SSSR count). The summed E-state index contributed by atoms with van der Waals surface area (Å²) < 4.78 is 11.3. The van der Waals surface area contributed by atoms with Crippen molar-refractivity contribution in [1.82, 2.24) is 0 Å². The average Bonchev–Trinajstić information content (AvgIpc) is 2.47. The van der Waals surface area contributed by atoms with Gasteiger partial charge in [0.2, 0.25) is 0 Å². The van der Waals surface area contributed by atoms with E-state index in [1.807, 2.05) is 12.1 Å². The minimum atomic E-state index is 0.154. The molecule has 0 aliphatic carbocycles. The third-order valence-electron chi connectivity index (χ3n) is 3.65. The Morgan fingerprint density at radius 2 is 1.89 bits per heavy atom. The topological polar surface area (TPSA) is 18.5 Å². The average molecular weight is 254 g/mol. The van der Waals surface area contributed by atoms with Gasteiger partial charge in [0, 0.05) is 0 Å². The molecular formula is C17H18O2. The first-order valence-corrected chi connectivity index (χ1v) is 6.66. The van der Waals surface area contributed by atoms with E-state index in [2.05, 4.69) is 37.3 Å². The van der Waals surface area contributed by atoms with Crippen LogP contribution < -0.4 is 9.47 Å². The Bertz CT molecular complexity index is 572. The number of methoxy groups -OCH3 is 1. The summed E-state index contributed by atoms with van der Waals surface area (Å²) in [6.07, 6.45) is 2.26. The van der Waals surface area contributed by atoms with Crippen LogP contribution in [0, 0.1) is 6.92 Å². The van der Waals surface area contributed by atoms with Crippen LogP contribution in [-0.2, 0) is 6.42 Å². The van der Waals surface area contributed by atoms with Crippen molar-refractivity contribution < 1.29 is 9.47 Å². The second-order valence-electron chi connectivity index (χ2n) is 5.03. The third kappa shape index (κ3) is 2.43. The summed E-state index contributed by atoms with van der Waals surface area (Å²) in [5.41, 5.74) is 3.84. The van der Waals surface area contributed by atoms with Crippen molar-refractivity contribution in [2.75, 3.05) is 7.11 Å². The number of fused-ring (bicyclic) bond motifs is 1. The summed E-state index contributed by atoms with van der Waals surface area (Å²) in [5.74, 6) is 1.91. The Kier molecular flexibility index (Phi) is 3.16. The molecule has 0 N–H and O–H groups in total. The molecule has 1 atom stereocenters. The molecule has 2 aromatic rings. The maximum Gasteiger partial charge on any atom is 0.124 e. The van der Waals surface area contributed by atoms with E-state index in [9.17, 15) is 0 Å². The summed E-state index contributed by atoms with van der Waals surface area (Å²) in [7, 11) is 1.69. The SMILES string of the molecule is COc1ccc([C@H]2CCc3cc(C)ccc3O2)cc1. The van der Waals surface area contributed by atoms with E-state index in [0.717, 1.165) is 24.3 Å². The second kappa shape index (κ2) is 4.96. The van der Waals surface area contributed by atoms with Crippen LogP contribution in [0.2, 0.25) is 0 Å². The van der Waals surface area contributed by atoms with Crippen molar-refractivity contribution in [3.05, 3.63) is 59.2 Å². The molecule has 0 saturated carbocycles. The molecule has 1 aliphatic rings. The van der Waals surface area contributed by atoms with Gasteiger partial charge in [0.05, 0.1) is 7.11 Å². The Hall–Kier alpha value is -1.96. The lowest BCUT2D eigenvalue weighted by Gasteiger charge is -2.26. The summed E-state index contributed by atoms with van der Waals surface area (Å²) >= 11 is 0. The predicted molar refractivity (Wildman–Crippen MR) is 75.9 cm³/mol. The molecule has 0 radical (unpaired) electrons. The molecule has 0 saturated heterocycles. The summed E-state index contributed by atoms with van der Waals surface area (Å²) in [6, 6.07) is 14.6. The molecular weight excluding hydrogens is 236 g/mol. The van der Waals surface area contributed by atoms with E-state index in [1.54, 1.807) is 7.11 Å².